The van der Waals surface area contributed by atoms with Crippen LogP contribution in [-0.2, 0) is 27.9 Å². The molecule has 2 rings (SSSR count). The minimum Gasteiger partial charge on any atom is -0.459 e. The molecule has 2 N–H and O–H groups in total. The molecule has 0 saturated carbocycles. The molecule has 0 amide bonds. The second-order valence-corrected chi connectivity index (χ2v) is 20.4. The summed E-state index contributed by atoms with van der Waals surface area (Å²) in [6, 6.07) is 2.27. The zero-order chi connectivity index (χ0) is 26.8. The molecule has 0 radical (unpaired) electrons. The van der Waals surface area contributed by atoms with Crippen LogP contribution >= 0.6 is 0 Å². The van der Waals surface area contributed by atoms with Crippen molar-refractivity contribution in [1.82, 2.24) is 0 Å². The van der Waals surface area contributed by atoms with Gasteiger partial charge in [-0.15, -0.1) is 0 Å². The first kappa shape index (κ1) is 30.2. The molecule has 1 heterocycles. The molecule has 1 aliphatic heterocycles. The summed E-state index contributed by atoms with van der Waals surface area (Å²) in [7, 11) is -3.65. The maximum atomic E-state index is 12.5. The van der Waals surface area contributed by atoms with Crippen LogP contribution in [0.3, 0.4) is 0 Å². The van der Waals surface area contributed by atoms with Crippen molar-refractivity contribution >= 4 is 22.6 Å². The molecule has 8 nitrogen and oxygen atoms in total. The van der Waals surface area contributed by atoms with Gasteiger partial charge >= 0.3 is 5.97 Å². The number of methoxy groups -OCH3 is 1. The van der Waals surface area contributed by atoms with Crippen LogP contribution in [-0.4, -0.2) is 82.8 Å². The van der Waals surface area contributed by atoms with Gasteiger partial charge in [0, 0.05) is 5.92 Å². The lowest BCUT2D eigenvalue weighted by atomic mass is 9.70. The number of aliphatic hydroxyl groups excluding tert-OH is 1. The predicted molar refractivity (Wildman–Crippen MR) is 139 cm³/mol. The second-order valence-electron chi connectivity index (χ2n) is 10.9. The highest BCUT2D eigenvalue weighted by molar-refractivity contribution is 6.74. The Morgan fingerprint density at radius 3 is 2.14 bits per heavy atom. The third kappa shape index (κ3) is 5.34. The largest absolute Gasteiger partial charge is 0.459 e. The van der Waals surface area contributed by atoms with Gasteiger partial charge in [-0.3, -0.25) is 0 Å². The van der Waals surface area contributed by atoms with Crippen molar-refractivity contribution in [3.8, 4) is 11.8 Å². The standard InChI is InChI=1S/C25H44O8Si2/c1-10-35(11-2,12-3)33-23(19-32-34(8,9)22(4,5)6)20(26)13-16-25(30-17-18-31-25)24(23,28)15-14-21(27)29-7/h13,16,20,26,28H,10-12,17-19H2,1-9H3/t20-,23-,24-/m1/s1. The molecule has 35 heavy (non-hydrogen) atoms. The summed E-state index contributed by atoms with van der Waals surface area (Å²) in [6.07, 6.45) is 1.70. The molecule has 3 atom stereocenters. The monoisotopic (exact) mass is 528 g/mol. The number of aliphatic hydroxyl groups is 2. The van der Waals surface area contributed by atoms with E-state index in [2.05, 4.69) is 66.5 Å². The van der Waals surface area contributed by atoms with Crippen LogP contribution in [0.4, 0.5) is 0 Å². The van der Waals surface area contributed by atoms with Gasteiger partial charge in [-0.25, -0.2) is 4.79 Å². The lowest BCUT2D eigenvalue weighted by Gasteiger charge is -2.57. The van der Waals surface area contributed by atoms with Crippen molar-refractivity contribution in [3.63, 3.8) is 0 Å². The van der Waals surface area contributed by atoms with Gasteiger partial charge in [0.15, 0.2) is 22.2 Å². The Morgan fingerprint density at radius 2 is 1.69 bits per heavy atom. The molecule has 1 aliphatic carbocycles. The second kappa shape index (κ2) is 10.8. The summed E-state index contributed by atoms with van der Waals surface area (Å²) in [5.41, 5.74) is -4.03. The molecule has 0 bridgehead atoms. The summed E-state index contributed by atoms with van der Waals surface area (Å²) in [5.74, 6) is 2.47. The number of esters is 1. The van der Waals surface area contributed by atoms with Crippen molar-refractivity contribution in [2.45, 2.75) is 101 Å². The van der Waals surface area contributed by atoms with Crippen LogP contribution in [0.25, 0.3) is 0 Å². The molecule has 1 spiro atoms. The number of hydrogen-bond acceptors (Lipinski definition) is 8. The Hall–Kier alpha value is -1.04. The van der Waals surface area contributed by atoms with E-state index in [-0.39, 0.29) is 24.9 Å². The van der Waals surface area contributed by atoms with Crippen LogP contribution in [0, 0.1) is 11.8 Å². The van der Waals surface area contributed by atoms with Crippen LogP contribution in [0.15, 0.2) is 12.2 Å². The van der Waals surface area contributed by atoms with Gasteiger partial charge in [0.1, 0.15) is 6.10 Å². The minimum atomic E-state index is -2.50. The summed E-state index contributed by atoms with van der Waals surface area (Å²) in [5, 5.41) is 23.9. The van der Waals surface area contributed by atoms with Crippen LogP contribution in [0.1, 0.15) is 41.5 Å². The average molecular weight is 529 g/mol. The lowest BCUT2D eigenvalue weighted by Crippen LogP contribution is -2.78. The molecule has 0 aromatic carbocycles. The summed E-state index contributed by atoms with van der Waals surface area (Å²) in [4.78, 5) is 12.1. The molecule has 10 heteroatoms. The molecular weight excluding hydrogens is 484 g/mol. The van der Waals surface area contributed by atoms with Crippen LogP contribution in [0.2, 0.25) is 36.3 Å². The van der Waals surface area contributed by atoms with E-state index in [0.717, 1.165) is 18.1 Å². The number of hydrogen-bond donors (Lipinski definition) is 2. The van der Waals surface area contributed by atoms with E-state index in [1.165, 1.54) is 19.3 Å². The summed E-state index contributed by atoms with van der Waals surface area (Å²) >= 11 is 0. The quantitative estimate of drug-likeness (QED) is 0.163. The van der Waals surface area contributed by atoms with Gasteiger partial charge in [-0.1, -0.05) is 47.6 Å². The molecule has 0 aromatic rings. The van der Waals surface area contributed by atoms with Crippen molar-refractivity contribution in [2.75, 3.05) is 26.9 Å². The molecular formula is C25H44O8Si2. The predicted octanol–water partition coefficient (Wildman–Crippen LogP) is 3.35. The van der Waals surface area contributed by atoms with Crippen molar-refractivity contribution in [2.24, 2.45) is 0 Å². The van der Waals surface area contributed by atoms with Crippen molar-refractivity contribution in [3.05, 3.63) is 12.2 Å². The maximum Gasteiger partial charge on any atom is 0.384 e. The van der Waals surface area contributed by atoms with E-state index in [4.69, 9.17) is 23.1 Å². The normalized spacial score (nSPS) is 28.6. The van der Waals surface area contributed by atoms with Gasteiger partial charge in [0.25, 0.3) is 0 Å². The number of carbonyl (C=O) groups excluding carboxylic acids is 1. The fourth-order valence-electron chi connectivity index (χ4n) is 4.33. The molecule has 1 fully saturated rings. The first-order valence-electron chi connectivity index (χ1n) is 12.5. The highest BCUT2D eigenvalue weighted by Crippen LogP contribution is 2.50. The van der Waals surface area contributed by atoms with Gasteiger partial charge in [0.2, 0.25) is 11.4 Å². The lowest BCUT2D eigenvalue weighted by molar-refractivity contribution is -0.296. The molecule has 0 unspecified atom stereocenters. The highest BCUT2D eigenvalue weighted by Gasteiger charge is 2.71. The average Bonchev–Trinajstić information content (AvgIpc) is 3.30. The Kier molecular flexibility index (Phi) is 9.28. The number of rotatable bonds is 8. The minimum absolute atomic E-state index is 0.133. The molecule has 0 aromatic heterocycles. The summed E-state index contributed by atoms with van der Waals surface area (Å²) in [6.45, 7) is 17.0. The Balaban J connectivity index is 2.82. The van der Waals surface area contributed by atoms with Gasteiger partial charge in [-0.2, -0.15) is 0 Å². The van der Waals surface area contributed by atoms with E-state index in [9.17, 15) is 15.0 Å². The first-order chi connectivity index (χ1) is 16.1. The van der Waals surface area contributed by atoms with E-state index < -0.39 is 45.7 Å². The van der Waals surface area contributed by atoms with E-state index >= 15 is 0 Å². The fourth-order valence-corrected chi connectivity index (χ4v) is 8.37. The molecule has 2 aliphatic rings. The maximum absolute atomic E-state index is 12.5. The number of carbonyl (C=O) groups is 1. The fraction of sp³-hybridized carbons (Fsp3) is 0.800. The zero-order valence-electron chi connectivity index (χ0n) is 22.8. The van der Waals surface area contributed by atoms with Gasteiger partial charge in [0.05, 0.1) is 26.9 Å². The third-order valence-electron chi connectivity index (χ3n) is 8.12. The van der Waals surface area contributed by atoms with E-state index in [0.29, 0.717) is 0 Å². The SMILES string of the molecule is CC[Si](CC)(CC)O[C@]1(CO[Si](C)(C)C(C)(C)C)[C@H](O)C=CC2(OCCO2)[C@@]1(O)C#CC(=O)OC. The Labute approximate surface area is 212 Å². The third-order valence-corrected chi connectivity index (χ3v) is 17.3. The van der Waals surface area contributed by atoms with Crippen molar-refractivity contribution in [1.29, 1.82) is 0 Å². The topological polar surface area (TPSA) is 104 Å². The Bertz CT molecular complexity index is 837. The zero-order valence-corrected chi connectivity index (χ0v) is 24.8. The molecule has 200 valence electrons. The smallest absolute Gasteiger partial charge is 0.384 e. The summed E-state index contributed by atoms with van der Waals surface area (Å²) < 4.78 is 30.2. The van der Waals surface area contributed by atoms with Gasteiger partial charge < -0.3 is 33.3 Å². The number of ether oxygens (including phenoxy) is 3. The van der Waals surface area contributed by atoms with E-state index in [1.807, 2.05) is 0 Å². The van der Waals surface area contributed by atoms with Gasteiger partial charge in [-0.05, 0) is 48.3 Å². The molecule has 1 saturated heterocycles. The highest BCUT2D eigenvalue weighted by atomic mass is 28.4. The van der Waals surface area contributed by atoms with Crippen LogP contribution < -0.4 is 0 Å². The Morgan fingerprint density at radius 1 is 1.14 bits per heavy atom. The van der Waals surface area contributed by atoms with E-state index in [1.54, 1.807) is 0 Å². The first-order valence-corrected chi connectivity index (χ1v) is 17.9. The van der Waals surface area contributed by atoms with Crippen molar-refractivity contribution < 1.29 is 38.1 Å². The van der Waals surface area contributed by atoms with Crippen LogP contribution in [0.5, 0.6) is 0 Å².